The molecule has 0 aromatic heterocycles. The Morgan fingerprint density at radius 1 is 0.765 bits per heavy atom. The number of aliphatic hydroxyl groups is 1. The van der Waals surface area contributed by atoms with Gasteiger partial charge in [0.1, 0.15) is 0 Å². The fourth-order valence-corrected chi connectivity index (χ4v) is 7.53. The SMILES string of the molecule is OC1CC2CC1C1C3CC(C4CC5OC5C43)C21. The van der Waals surface area contributed by atoms with Crippen LogP contribution in [0.1, 0.15) is 25.7 Å². The van der Waals surface area contributed by atoms with Crippen LogP contribution in [-0.2, 0) is 4.74 Å². The van der Waals surface area contributed by atoms with Gasteiger partial charge in [0.05, 0.1) is 18.3 Å². The Bertz CT molecular complexity index is 408. The zero-order chi connectivity index (χ0) is 10.9. The molecule has 5 saturated carbocycles. The molecule has 5 aliphatic carbocycles. The fourth-order valence-electron chi connectivity index (χ4n) is 7.53. The van der Waals surface area contributed by atoms with E-state index < -0.39 is 0 Å². The number of hydrogen-bond acceptors (Lipinski definition) is 2. The molecule has 6 aliphatic rings. The van der Waals surface area contributed by atoms with Crippen molar-refractivity contribution in [2.45, 2.75) is 44.0 Å². The highest BCUT2D eigenvalue weighted by Crippen LogP contribution is 2.74. The molecule has 1 aliphatic heterocycles. The summed E-state index contributed by atoms with van der Waals surface area (Å²) in [7, 11) is 0. The van der Waals surface area contributed by atoms with Gasteiger partial charge in [0.2, 0.25) is 0 Å². The average Bonchev–Trinajstić information content (AvgIpc) is 2.78. The molecule has 0 amide bonds. The molecule has 11 atom stereocenters. The third kappa shape index (κ3) is 0.805. The number of ether oxygens (including phenoxy) is 1. The van der Waals surface area contributed by atoms with Gasteiger partial charge in [0.25, 0.3) is 0 Å². The molecule has 1 heterocycles. The summed E-state index contributed by atoms with van der Waals surface area (Å²) in [6.07, 6.45) is 6.75. The number of fused-ring (bicyclic) bond motifs is 14. The Labute approximate surface area is 102 Å². The number of hydrogen-bond donors (Lipinski definition) is 1. The topological polar surface area (TPSA) is 32.8 Å². The molecule has 4 bridgehead atoms. The third-order valence-electron chi connectivity index (χ3n) is 7.67. The van der Waals surface area contributed by atoms with Crippen LogP contribution in [0.25, 0.3) is 0 Å². The second kappa shape index (κ2) is 2.46. The minimum atomic E-state index is 0.0522. The Morgan fingerprint density at radius 2 is 1.65 bits per heavy atom. The first-order valence-corrected chi connectivity index (χ1v) is 7.66. The highest BCUT2D eigenvalue weighted by molar-refractivity contribution is 5.21. The highest BCUT2D eigenvalue weighted by Gasteiger charge is 2.73. The van der Waals surface area contributed by atoms with Crippen molar-refractivity contribution in [2.24, 2.45) is 47.3 Å². The van der Waals surface area contributed by atoms with Crippen LogP contribution in [0.15, 0.2) is 0 Å². The van der Waals surface area contributed by atoms with E-state index in [1.807, 2.05) is 0 Å². The van der Waals surface area contributed by atoms with E-state index in [4.69, 9.17) is 4.74 Å². The molecule has 92 valence electrons. The molecule has 6 rings (SSSR count). The van der Waals surface area contributed by atoms with Gasteiger partial charge in [-0.3, -0.25) is 0 Å². The van der Waals surface area contributed by atoms with Crippen molar-refractivity contribution in [1.29, 1.82) is 0 Å². The van der Waals surface area contributed by atoms with Crippen molar-refractivity contribution in [2.75, 3.05) is 0 Å². The maximum absolute atomic E-state index is 10.2. The first-order valence-electron chi connectivity index (χ1n) is 7.66. The summed E-state index contributed by atoms with van der Waals surface area (Å²) in [5.74, 6) is 7.42. The zero-order valence-electron chi connectivity index (χ0n) is 10.0. The molecule has 0 spiro atoms. The van der Waals surface area contributed by atoms with Gasteiger partial charge in [-0.25, -0.2) is 0 Å². The van der Waals surface area contributed by atoms with E-state index in [2.05, 4.69) is 0 Å². The molecular weight excluding hydrogens is 212 g/mol. The standard InChI is InChI=1S/C15H20O2/c16-10-2-5-1-8(10)13-9-3-6(12(5)13)7-4-11-15(17-11)14(7)9/h5-16H,1-4H2. The average molecular weight is 232 g/mol. The van der Waals surface area contributed by atoms with Gasteiger partial charge in [-0.15, -0.1) is 0 Å². The number of rotatable bonds is 0. The minimum absolute atomic E-state index is 0.0522. The zero-order valence-corrected chi connectivity index (χ0v) is 10.0. The Morgan fingerprint density at radius 3 is 2.59 bits per heavy atom. The van der Waals surface area contributed by atoms with Crippen LogP contribution >= 0.6 is 0 Å². The van der Waals surface area contributed by atoms with Crippen LogP contribution < -0.4 is 0 Å². The van der Waals surface area contributed by atoms with E-state index in [0.29, 0.717) is 18.1 Å². The lowest BCUT2D eigenvalue weighted by atomic mass is 9.63. The van der Waals surface area contributed by atoms with E-state index in [1.54, 1.807) is 0 Å². The first-order chi connectivity index (χ1) is 8.33. The first kappa shape index (κ1) is 8.92. The second-order valence-corrected chi connectivity index (χ2v) is 7.80. The Kier molecular flexibility index (Phi) is 1.29. The van der Waals surface area contributed by atoms with Gasteiger partial charge in [-0.1, -0.05) is 0 Å². The largest absolute Gasteiger partial charge is 0.393 e. The van der Waals surface area contributed by atoms with Gasteiger partial charge in [0.15, 0.2) is 0 Å². The lowest BCUT2D eigenvalue weighted by Crippen LogP contribution is -2.41. The fraction of sp³-hybridized carbons (Fsp3) is 1.00. The van der Waals surface area contributed by atoms with Crippen molar-refractivity contribution in [3.63, 3.8) is 0 Å². The molecule has 11 unspecified atom stereocenters. The molecule has 1 saturated heterocycles. The summed E-state index contributed by atoms with van der Waals surface area (Å²) < 4.78 is 5.81. The third-order valence-corrected chi connectivity index (χ3v) is 7.67. The maximum Gasteiger partial charge on any atom is 0.0875 e. The van der Waals surface area contributed by atoms with Crippen molar-refractivity contribution >= 4 is 0 Å². The van der Waals surface area contributed by atoms with E-state index in [9.17, 15) is 5.11 Å². The van der Waals surface area contributed by atoms with Gasteiger partial charge < -0.3 is 9.84 Å². The molecule has 1 N–H and O–H groups in total. The number of epoxide rings is 1. The summed E-state index contributed by atoms with van der Waals surface area (Å²) in [5.41, 5.74) is 0. The van der Waals surface area contributed by atoms with Crippen molar-refractivity contribution in [1.82, 2.24) is 0 Å². The monoisotopic (exact) mass is 232 g/mol. The summed E-state index contributed by atoms with van der Waals surface area (Å²) in [6, 6.07) is 0. The van der Waals surface area contributed by atoms with Gasteiger partial charge >= 0.3 is 0 Å². The quantitative estimate of drug-likeness (QED) is 0.509. The van der Waals surface area contributed by atoms with Gasteiger partial charge in [-0.2, -0.15) is 0 Å². The normalized spacial score (nSPS) is 77.1. The van der Waals surface area contributed by atoms with E-state index in [0.717, 1.165) is 47.8 Å². The van der Waals surface area contributed by atoms with E-state index in [1.165, 1.54) is 19.3 Å². The van der Waals surface area contributed by atoms with Crippen LogP contribution in [0, 0.1) is 47.3 Å². The smallest absolute Gasteiger partial charge is 0.0875 e. The van der Waals surface area contributed by atoms with Gasteiger partial charge in [0, 0.05) is 0 Å². The molecular formula is C15H20O2. The van der Waals surface area contributed by atoms with E-state index in [-0.39, 0.29) is 6.10 Å². The van der Waals surface area contributed by atoms with Gasteiger partial charge in [-0.05, 0) is 73.0 Å². The maximum atomic E-state index is 10.2. The molecule has 17 heavy (non-hydrogen) atoms. The summed E-state index contributed by atoms with van der Waals surface area (Å²) in [6.45, 7) is 0. The van der Waals surface area contributed by atoms with Crippen LogP contribution in [0.2, 0.25) is 0 Å². The minimum Gasteiger partial charge on any atom is -0.393 e. The van der Waals surface area contributed by atoms with Crippen LogP contribution in [0.5, 0.6) is 0 Å². The van der Waals surface area contributed by atoms with Crippen molar-refractivity contribution in [3.05, 3.63) is 0 Å². The van der Waals surface area contributed by atoms with Crippen LogP contribution in [-0.4, -0.2) is 23.4 Å². The lowest BCUT2D eigenvalue weighted by molar-refractivity contribution is -0.0148. The summed E-state index contributed by atoms with van der Waals surface area (Å²) in [4.78, 5) is 0. The molecule has 6 fully saturated rings. The Balaban J connectivity index is 1.45. The molecule has 0 aromatic rings. The van der Waals surface area contributed by atoms with E-state index >= 15 is 0 Å². The number of aliphatic hydroxyl groups excluding tert-OH is 1. The summed E-state index contributed by atoms with van der Waals surface area (Å²) >= 11 is 0. The second-order valence-electron chi connectivity index (χ2n) is 7.80. The Hall–Kier alpha value is -0.0800. The molecule has 0 radical (unpaired) electrons. The molecule has 2 heteroatoms. The predicted octanol–water partition coefficient (Wildman–Crippen LogP) is 1.67. The van der Waals surface area contributed by atoms with Crippen molar-refractivity contribution < 1.29 is 9.84 Å². The van der Waals surface area contributed by atoms with Crippen LogP contribution in [0.3, 0.4) is 0 Å². The van der Waals surface area contributed by atoms with Crippen LogP contribution in [0.4, 0.5) is 0 Å². The molecule has 2 nitrogen and oxygen atoms in total. The lowest BCUT2D eigenvalue weighted by Gasteiger charge is -2.42. The van der Waals surface area contributed by atoms with Crippen molar-refractivity contribution in [3.8, 4) is 0 Å². The summed E-state index contributed by atoms with van der Waals surface area (Å²) in [5, 5.41) is 10.2. The molecule has 0 aromatic carbocycles. The highest BCUT2D eigenvalue weighted by atomic mass is 16.6. The predicted molar refractivity (Wildman–Crippen MR) is 61.1 cm³/mol.